The predicted molar refractivity (Wildman–Crippen MR) is 125 cm³/mol. The Hall–Kier alpha value is -3.17. The summed E-state index contributed by atoms with van der Waals surface area (Å²) in [7, 11) is -3.32. The Morgan fingerprint density at radius 1 is 0.900 bits per heavy atom. The average molecular weight is 484 g/mol. The van der Waals surface area contributed by atoms with Crippen molar-refractivity contribution in [2.75, 3.05) is 22.0 Å². The number of nitrogen functional groups attached to an aromatic ring is 1. The number of fused-ring (bicyclic) bond motifs is 1. The van der Waals surface area contributed by atoms with Gasteiger partial charge in [-0.3, -0.25) is 4.72 Å². The summed E-state index contributed by atoms with van der Waals surface area (Å²) >= 11 is 3.47. The molecule has 0 radical (unpaired) electrons. The summed E-state index contributed by atoms with van der Waals surface area (Å²) in [5.74, 6) is 0.789. The zero-order valence-electron chi connectivity index (χ0n) is 15.9. The summed E-state index contributed by atoms with van der Waals surface area (Å²) in [5.41, 5.74) is 9.87. The van der Waals surface area contributed by atoms with E-state index in [1.165, 1.54) is 0 Å². The molecule has 0 unspecified atom stereocenters. The van der Waals surface area contributed by atoms with E-state index < -0.39 is 10.0 Å². The van der Waals surface area contributed by atoms with E-state index >= 15 is 0 Å². The third-order valence-corrected chi connectivity index (χ3v) is 5.42. The van der Waals surface area contributed by atoms with Gasteiger partial charge in [0.2, 0.25) is 16.0 Å². The Bertz CT molecular complexity index is 1340. The van der Waals surface area contributed by atoms with Crippen molar-refractivity contribution in [3.63, 3.8) is 0 Å². The van der Waals surface area contributed by atoms with Crippen molar-refractivity contribution in [2.45, 2.75) is 0 Å². The molecule has 0 amide bonds. The molecule has 0 aliphatic carbocycles. The van der Waals surface area contributed by atoms with Crippen LogP contribution >= 0.6 is 15.9 Å². The molecule has 0 aliphatic rings. The van der Waals surface area contributed by atoms with Crippen molar-refractivity contribution in [1.29, 1.82) is 0 Å². The lowest BCUT2D eigenvalue weighted by Crippen LogP contribution is -2.09. The van der Waals surface area contributed by atoms with Crippen LogP contribution in [0.1, 0.15) is 0 Å². The van der Waals surface area contributed by atoms with Crippen LogP contribution in [0.5, 0.6) is 0 Å². The number of hydrogen-bond acceptors (Lipinski definition) is 6. The van der Waals surface area contributed by atoms with Gasteiger partial charge in [-0.15, -0.1) is 0 Å². The van der Waals surface area contributed by atoms with Crippen molar-refractivity contribution in [3.05, 3.63) is 71.2 Å². The number of nitrogens with one attached hydrogen (secondary N) is 2. The van der Waals surface area contributed by atoms with E-state index in [1.54, 1.807) is 12.1 Å². The molecule has 4 rings (SSSR count). The molecule has 0 aliphatic heterocycles. The van der Waals surface area contributed by atoms with Crippen LogP contribution in [-0.4, -0.2) is 24.6 Å². The summed E-state index contributed by atoms with van der Waals surface area (Å²) in [6, 6.07) is 20.7. The highest BCUT2D eigenvalue weighted by atomic mass is 79.9. The Kier molecular flexibility index (Phi) is 5.31. The normalized spacial score (nSPS) is 11.4. The third kappa shape index (κ3) is 4.69. The Morgan fingerprint density at radius 3 is 2.33 bits per heavy atom. The summed E-state index contributed by atoms with van der Waals surface area (Å²) in [5, 5.41) is 4.12. The number of anilines is 4. The van der Waals surface area contributed by atoms with Gasteiger partial charge in [-0.1, -0.05) is 40.2 Å². The SMILES string of the molecule is CS(=O)(=O)Nc1ccc(-c2ccc3nc(N)nc(Nc4cccc(Br)c4)c3c2)cc1. The summed E-state index contributed by atoms with van der Waals surface area (Å²) in [6.45, 7) is 0. The smallest absolute Gasteiger partial charge is 0.229 e. The maximum absolute atomic E-state index is 11.4. The molecular formula is C21H18BrN5O2S. The number of sulfonamides is 1. The van der Waals surface area contributed by atoms with E-state index in [0.29, 0.717) is 11.5 Å². The van der Waals surface area contributed by atoms with Crippen molar-refractivity contribution in [2.24, 2.45) is 0 Å². The van der Waals surface area contributed by atoms with Crippen molar-refractivity contribution in [3.8, 4) is 11.1 Å². The van der Waals surface area contributed by atoms with Gasteiger partial charge in [0.1, 0.15) is 5.82 Å². The van der Waals surface area contributed by atoms with Gasteiger partial charge in [0.15, 0.2) is 0 Å². The number of benzene rings is 3. The maximum Gasteiger partial charge on any atom is 0.229 e. The van der Waals surface area contributed by atoms with Crippen LogP contribution in [0, 0.1) is 0 Å². The molecule has 1 aromatic heterocycles. The van der Waals surface area contributed by atoms with Gasteiger partial charge >= 0.3 is 0 Å². The van der Waals surface area contributed by atoms with Crippen LogP contribution < -0.4 is 15.8 Å². The largest absolute Gasteiger partial charge is 0.368 e. The first-order valence-corrected chi connectivity index (χ1v) is 11.6. The van der Waals surface area contributed by atoms with E-state index in [4.69, 9.17) is 5.73 Å². The summed E-state index contributed by atoms with van der Waals surface area (Å²) in [4.78, 5) is 8.70. The lowest BCUT2D eigenvalue weighted by Gasteiger charge is -2.12. The second kappa shape index (κ2) is 7.92. The number of rotatable bonds is 5. The molecule has 0 saturated heterocycles. The zero-order valence-corrected chi connectivity index (χ0v) is 18.3. The van der Waals surface area contributed by atoms with Crippen LogP contribution in [0.3, 0.4) is 0 Å². The topological polar surface area (TPSA) is 110 Å². The van der Waals surface area contributed by atoms with Crippen molar-refractivity contribution in [1.82, 2.24) is 9.97 Å². The first-order valence-electron chi connectivity index (χ1n) is 8.95. The lowest BCUT2D eigenvalue weighted by molar-refractivity contribution is 0.607. The second-order valence-corrected chi connectivity index (χ2v) is 9.41. The fourth-order valence-corrected chi connectivity index (χ4v) is 4.03. The highest BCUT2D eigenvalue weighted by Crippen LogP contribution is 2.30. The summed E-state index contributed by atoms with van der Waals surface area (Å²) < 4.78 is 26.2. The minimum Gasteiger partial charge on any atom is -0.368 e. The molecule has 3 aromatic carbocycles. The van der Waals surface area contributed by atoms with Gasteiger partial charge in [-0.2, -0.15) is 4.98 Å². The molecule has 4 aromatic rings. The lowest BCUT2D eigenvalue weighted by atomic mass is 10.0. The molecule has 7 nitrogen and oxygen atoms in total. The molecule has 0 fully saturated rings. The molecule has 0 atom stereocenters. The zero-order chi connectivity index (χ0) is 21.3. The van der Waals surface area contributed by atoms with Gasteiger partial charge < -0.3 is 11.1 Å². The number of nitrogens with zero attached hydrogens (tertiary/aromatic N) is 2. The highest BCUT2D eigenvalue weighted by Gasteiger charge is 2.10. The molecule has 0 saturated carbocycles. The molecule has 1 heterocycles. The van der Waals surface area contributed by atoms with Crippen LogP contribution in [0.25, 0.3) is 22.0 Å². The minimum atomic E-state index is -3.32. The second-order valence-electron chi connectivity index (χ2n) is 6.75. The van der Waals surface area contributed by atoms with Gasteiger partial charge in [0.05, 0.1) is 11.8 Å². The molecule has 9 heteroatoms. The van der Waals surface area contributed by atoms with E-state index in [0.717, 1.165) is 38.4 Å². The van der Waals surface area contributed by atoms with Gasteiger partial charge in [0, 0.05) is 21.2 Å². The number of aromatic nitrogens is 2. The minimum absolute atomic E-state index is 0.184. The molecule has 4 N–H and O–H groups in total. The van der Waals surface area contributed by atoms with E-state index in [-0.39, 0.29) is 5.95 Å². The van der Waals surface area contributed by atoms with Gasteiger partial charge in [-0.25, -0.2) is 13.4 Å². The highest BCUT2D eigenvalue weighted by molar-refractivity contribution is 9.10. The number of nitrogens with two attached hydrogens (primary N) is 1. The fourth-order valence-electron chi connectivity index (χ4n) is 3.07. The molecule has 0 bridgehead atoms. The predicted octanol–water partition coefficient (Wildman–Crippen LogP) is 4.76. The Morgan fingerprint density at radius 2 is 1.63 bits per heavy atom. The van der Waals surface area contributed by atoms with E-state index in [1.807, 2.05) is 54.6 Å². The monoisotopic (exact) mass is 483 g/mol. The third-order valence-electron chi connectivity index (χ3n) is 4.32. The standard InChI is InChI=1S/C21H18BrN5O2S/c1-30(28,29)27-16-8-5-13(6-9-16)14-7-10-19-18(11-14)20(26-21(23)25-19)24-17-4-2-3-15(22)12-17/h2-12,27H,1H3,(H3,23,24,25,26). The Balaban J connectivity index is 1.73. The molecule has 152 valence electrons. The maximum atomic E-state index is 11.4. The van der Waals surface area contributed by atoms with E-state index in [9.17, 15) is 8.42 Å². The van der Waals surface area contributed by atoms with E-state index in [2.05, 4.69) is 35.9 Å². The average Bonchev–Trinajstić information content (AvgIpc) is 2.67. The quantitative estimate of drug-likeness (QED) is 0.377. The van der Waals surface area contributed by atoms with Crippen LogP contribution in [0.2, 0.25) is 0 Å². The van der Waals surface area contributed by atoms with Crippen molar-refractivity contribution >= 4 is 60.0 Å². The molecule has 0 spiro atoms. The van der Waals surface area contributed by atoms with Gasteiger partial charge in [-0.05, 0) is 53.6 Å². The molecular weight excluding hydrogens is 466 g/mol. The molecule has 30 heavy (non-hydrogen) atoms. The number of halogens is 1. The first kappa shape index (κ1) is 20.1. The van der Waals surface area contributed by atoms with Crippen LogP contribution in [-0.2, 0) is 10.0 Å². The Labute approximate surface area is 182 Å². The van der Waals surface area contributed by atoms with Crippen molar-refractivity contribution < 1.29 is 8.42 Å². The van der Waals surface area contributed by atoms with Gasteiger partial charge in [0.25, 0.3) is 0 Å². The first-order chi connectivity index (χ1) is 14.3. The fraction of sp³-hybridized carbons (Fsp3) is 0.0476. The summed E-state index contributed by atoms with van der Waals surface area (Å²) in [6.07, 6.45) is 1.12. The number of hydrogen-bond donors (Lipinski definition) is 3. The van der Waals surface area contributed by atoms with Crippen LogP contribution in [0.4, 0.5) is 23.1 Å². The van der Waals surface area contributed by atoms with Crippen LogP contribution in [0.15, 0.2) is 71.2 Å².